The van der Waals surface area contributed by atoms with Gasteiger partial charge in [-0.15, -0.1) is 0 Å². The summed E-state index contributed by atoms with van der Waals surface area (Å²) in [5.41, 5.74) is 4.24. The summed E-state index contributed by atoms with van der Waals surface area (Å²) in [6.45, 7) is 4.36. The lowest BCUT2D eigenvalue weighted by Gasteiger charge is -2.19. The highest BCUT2D eigenvalue weighted by molar-refractivity contribution is 5.77. The smallest absolute Gasteiger partial charge is 0.250 e. The van der Waals surface area contributed by atoms with E-state index in [0.29, 0.717) is 30.0 Å². The average molecular weight is 436 g/mol. The number of rotatable bonds is 8. The summed E-state index contributed by atoms with van der Waals surface area (Å²) in [4.78, 5) is 28.8. The van der Waals surface area contributed by atoms with Gasteiger partial charge < -0.3 is 19.7 Å². The van der Waals surface area contributed by atoms with Crippen LogP contribution in [0.2, 0.25) is 0 Å². The minimum atomic E-state index is -0.992. The van der Waals surface area contributed by atoms with Gasteiger partial charge in [-0.25, -0.2) is 0 Å². The van der Waals surface area contributed by atoms with E-state index in [1.165, 1.54) is 4.57 Å². The maximum atomic E-state index is 12.3. The molecule has 0 bridgehead atoms. The second-order valence-corrected chi connectivity index (χ2v) is 7.73. The number of pyridine rings is 2. The SMILES string of the molecule is CCNC(=O)CCc1cc(=O)n(C)cc1-c1ccc(OC)cc1[C@@H](O)c1ccc(C)cn1. The predicted octanol–water partition coefficient (Wildman–Crippen LogP) is 2.91. The Kier molecular flexibility index (Phi) is 7.43. The van der Waals surface area contributed by atoms with Gasteiger partial charge in [0.25, 0.3) is 5.56 Å². The van der Waals surface area contributed by atoms with Gasteiger partial charge >= 0.3 is 0 Å². The summed E-state index contributed by atoms with van der Waals surface area (Å²) in [6.07, 6.45) is 3.14. The number of ether oxygens (including phenoxy) is 1. The van der Waals surface area contributed by atoms with E-state index in [9.17, 15) is 14.7 Å². The quantitative estimate of drug-likeness (QED) is 0.568. The monoisotopic (exact) mass is 435 g/mol. The molecule has 7 heteroatoms. The van der Waals surface area contributed by atoms with Gasteiger partial charge in [-0.05, 0) is 60.7 Å². The number of methoxy groups -OCH3 is 1. The van der Waals surface area contributed by atoms with E-state index in [4.69, 9.17) is 4.74 Å². The van der Waals surface area contributed by atoms with E-state index in [0.717, 1.165) is 22.3 Å². The lowest BCUT2D eigenvalue weighted by Crippen LogP contribution is -2.23. The fraction of sp³-hybridized carbons (Fsp3) is 0.320. The van der Waals surface area contributed by atoms with Crippen molar-refractivity contribution in [3.05, 3.63) is 81.5 Å². The zero-order valence-corrected chi connectivity index (χ0v) is 18.9. The number of aromatic nitrogens is 2. The maximum absolute atomic E-state index is 12.3. The molecule has 0 aliphatic rings. The molecular formula is C25H29N3O4. The molecule has 168 valence electrons. The summed E-state index contributed by atoms with van der Waals surface area (Å²) < 4.78 is 6.89. The Balaban J connectivity index is 2.12. The number of aryl methyl sites for hydroxylation is 3. The number of nitrogens with one attached hydrogen (secondary N) is 1. The zero-order chi connectivity index (χ0) is 23.3. The molecule has 0 aliphatic carbocycles. The Labute approximate surface area is 187 Å². The highest BCUT2D eigenvalue weighted by Gasteiger charge is 2.20. The van der Waals surface area contributed by atoms with Crippen molar-refractivity contribution < 1.29 is 14.6 Å². The summed E-state index contributed by atoms with van der Waals surface area (Å²) in [5.74, 6) is 0.529. The van der Waals surface area contributed by atoms with Crippen LogP contribution < -0.4 is 15.6 Å². The molecule has 3 rings (SSSR count). The molecule has 2 aromatic heterocycles. The van der Waals surface area contributed by atoms with Crippen LogP contribution in [0.3, 0.4) is 0 Å². The molecule has 1 amide bonds. The molecule has 0 aliphatic heterocycles. The minimum Gasteiger partial charge on any atom is -0.497 e. The summed E-state index contributed by atoms with van der Waals surface area (Å²) >= 11 is 0. The van der Waals surface area contributed by atoms with Crippen LogP contribution >= 0.6 is 0 Å². The van der Waals surface area contributed by atoms with Crippen LogP contribution in [0.15, 0.2) is 53.6 Å². The second-order valence-electron chi connectivity index (χ2n) is 7.73. The van der Waals surface area contributed by atoms with Gasteiger partial charge in [0.15, 0.2) is 0 Å². The predicted molar refractivity (Wildman–Crippen MR) is 124 cm³/mol. The Bertz CT molecular complexity index is 1150. The molecule has 3 aromatic rings. The first kappa shape index (κ1) is 23.2. The molecule has 1 atom stereocenters. The number of carbonyl (C=O) groups excluding carboxylic acids is 1. The average Bonchev–Trinajstić information content (AvgIpc) is 2.79. The van der Waals surface area contributed by atoms with Gasteiger partial charge in [0.1, 0.15) is 11.9 Å². The number of hydrogen-bond donors (Lipinski definition) is 2. The van der Waals surface area contributed by atoms with Crippen LogP contribution in [0.4, 0.5) is 0 Å². The molecule has 0 fully saturated rings. The van der Waals surface area contributed by atoms with Crippen molar-refractivity contribution in [2.45, 2.75) is 32.8 Å². The first-order chi connectivity index (χ1) is 15.3. The van der Waals surface area contributed by atoms with E-state index < -0.39 is 6.10 Å². The van der Waals surface area contributed by atoms with E-state index in [-0.39, 0.29) is 17.9 Å². The lowest BCUT2D eigenvalue weighted by molar-refractivity contribution is -0.120. The van der Waals surface area contributed by atoms with Crippen LogP contribution in [-0.2, 0) is 18.3 Å². The number of aliphatic hydroxyl groups is 1. The van der Waals surface area contributed by atoms with Crippen molar-refractivity contribution >= 4 is 5.91 Å². The van der Waals surface area contributed by atoms with E-state index in [1.54, 1.807) is 44.8 Å². The molecule has 32 heavy (non-hydrogen) atoms. The third-order valence-electron chi connectivity index (χ3n) is 5.37. The molecular weight excluding hydrogens is 406 g/mol. The largest absolute Gasteiger partial charge is 0.497 e. The van der Waals surface area contributed by atoms with Crippen molar-refractivity contribution in [2.24, 2.45) is 7.05 Å². The zero-order valence-electron chi connectivity index (χ0n) is 18.9. The fourth-order valence-electron chi connectivity index (χ4n) is 3.59. The Morgan fingerprint density at radius 3 is 2.66 bits per heavy atom. The van der Waals surface area contributed by atoms with Crippen LogP contribution in [-0.4, -0.2) is 34.2 Å². The van der Waals surface area contributed by atoms with Gasteiger partial charge in [0.05, 0.1) is 12.8 Å². The highest BCUT2D eigenvalue weighted by Crippen LogP contribution is 2.35. The van der Waals surface area contributed by atoms with Crippen LogP contribution in [0.5, 0.6) is 5.75 Å². The molecule has 1 aromatic carbocycles. The normalized spacial score (nSPS) is 11.8. The molecule has 2 heterocycles. The van der Waals surface area contributed by atoms with E-state index in [1.807, 2.05) is 32.0 Å². The first-order valence-corrected chi connectivity index (χ1v) is 10.6. The van der Waals surface area contributed by atoms with Crippen LogP contribution in [0.1, 0.15) is 41.8 Å². The number of hydrogen-bond acceptors (Lipinski definition) is 5. The number of nitrogens with zero attached hydrogens (tertiary/aromatic N) is 2. The number of benzene rings is 1. The van der Waals surface area contributed by atoms with Crippen molar-refractivity contribution in [1.82, 2.24) is 14.9 Å². The van der Waals surface area contributed by atoms with Gasteiger partial charge in [0, 0.05) is 44.0 Å². The van der Waals surface area contributed by atoms with Gasteiger partial charge in [-0.3, -0.25) is 14.6 Å². The third kappa shape index (κ3) is 5.23. The Morgan fingerprint density at radius 2 is 2.00 bits per heavy atom. The number of amides is 1. The molecule has 7 nitrogen and oxygen atoms in total. The van der Waals surface area contributed by atoms with Gasteiger partial charge in [-0.2, -0.15) is 0 Å². The summed E-state index contributed by atoms with van der Waals surface area (Å²) in [7, 11) is 3.25. The summed E-state index contributed by atoms with van der Waals surface area (Å²) in [6, 6.07) is 10.7. The fourth-order valence-corrected chi connectivity index (χ4v) is 3.59. The van der Waals surface area contributed by atoms with Crippen LogP contribution in [0.25, 0.3) is 11.1 Å². The molecule has 0 unspecified atom stereocenters. The highest BCUT2D eigenvalue weighted by atomic mass is 16.5. The Morgan fingerprint density at radius 1 is 1.22 bits per heavy atom. The van der Waals surface area contributed by atoms with Gasteiger partial charge in [-0.1, -0.05) is 12.1 Å². The second kappa shape index (κ2) is 10.2. The molecule has 0 saturated heterocycles. The standard InChI is InChI=1S/C25H29N3O4/c1-5-26-23(29)11-7-17-12-24(30)28(3)15-21(17)19-9-8-18(32-4)13-20(19)25(31)22-10-6-16(2)14-27-22/h6,8-10,12-15,25,31H,5,7,11H2,1-4H3,(H,26,29)/t25-/m1/s1. The van der Waals surface area contributed by atoms with E-state index in [2.05, 4.69) is 10.3 Å². The van der Waals surface area contributed by atoms with Crippen molar-refractivity contribution in [2.75, 3.05) is 13.7 Å². The summed E-state index contributed by atoms with van der Waals surface area (Å²) in [5, 5.41) is 14.0. The van der Waals surface area contributed by atoms with E-state index >= 15 is 0 Å². The lowest BCUT2D eigenvalue weighted by atomic mass is 9.91. The van der Waals surface area contributed by atoms with Gasteiger partial charge in [0.2, 0.25) is 5.91 Å². The van der Waals surface area contributed by atoms with Crippen molar-refractivity contribution in [3.8, 4) is 16.9 Å². The minimum absolute atomic E-state index is 0.0713. The molecule has 2 N–H and O–H groups in total. The molecule has 0 radical (unpaired) electrons. The first-order valence-electron chi connectivity index (χ1n) is 10.6. The van der Waals surface area contributed by atoms with Crippen molar-refractivity contribution in [1.29, 1.82) is 0 Å². The Hall–Kier alpha value is -3.45. The molecule has 0 spiro atoms. The van der Waals surface area contributed by atoms with Crippen LogP contribution in [0, 0.1) is 6.92 Å². The maximum Gasteiger partial charge on any atom is 0.250 e. The molecule has 0 saturated carbocycles. The number of carbonyl (C=O) groups is 1. The van der Waals surface area contributed by atoms with Crippen molar-refractivity contribution in [3.63, 3.8) is 0 Å². The third-order valence-corrected chi connectivity index (χ3v) is 5.37. The number of aliphatic hydroxyl groups excluding tert-OH is 1. The topological polar surface area (TPSA) is 93.5 Å².